The summed E-state index contributed by atoms with van der Waals surface area (Å²) in [5.74, 6) is -0.397. The van der Waals surface area contributed by atoms with Gasteiger partial charge in [0.2, 0.25) is 0 Å². The Hall–Kier alpha value is -0.910. The van der Waals surface area contributed by atoms with Crippen molar-refractivity contribution < 1.29 is 18.6 Å². The lowest BCUT2D eigenvalue weighted by atomic mass is 10.1. The summed E-state index contributed by atoms with van der Waals surface area (Å²) in [6.45, 7) is 0. The number of halogens is 3. The predicted molar refractivity (Wildman–Crippen MR) is 50.0 cm³/mol. The Kier molecular flexibility index (Phi) is 3.62. The first kappa shape index (κ1) is 11.2. The maximum Gasteiger partial charge on any atom is 0.265 e. The van der Waals surface area contributed by atoms with Gasteiger partial charge in [-0.1, -0.05) is 15.9 Å². The van der Waals surface area contributed by atoms with Gasteiger partial charge in [-0.15, -0.1) is 0 Å². The largest absolute Gasteiger partial charge is 0.503 e. The summed E-state index contributed by atoms with van der Waals surface area (Å²) in [6.07, 6.45) is -1.66. The molecule has 78 valence electrons. The zero-order chi connectivity index (χ0) is 10.7. The van der Waals surface area contributed by atoms with Crippen LogP contribution in [0.5, 0.6) is 11.6 Å². The van der Waals surface area contributed by atoms with Gasteiger partial charge in [0.15, 0.2) is 5.75 Å². The fourth-order valence-electron chi connectivity index (χ4n) is 1.01. The van der Waals surface area contributed by atoms with Crippen molar-refractivity contribution in [2.24, 2.45) is 0 Å². The zero-order valence-corrected chi connectivity index (χ0v) is 8.88. The van der Waals surface area contributed by atoms with Gasteiger partial charge < -0.3 is 9.84 Å². The fourth-order valence-corrected chi connectivity index (χ4v) is 1.60. The van der Waals surface area contributed by atoms with Gasteiger partial charge in [-0.2, -0.15) is 0 Å². The summed E-state index contributed by atoms with van der Waals surface area (Å²) >= 11 is 3.01. The lowest BCUT2D eigenvalue weighted by molar-refractivity contribution is 0.149. The quantitative estimate of drug-likeness (QED) is 0.857. The molecule has 0 aromatic carbocycles. The normalized spacial score (nSPS) is 10.6. The molecule has 0 amide bonds. The number of aromatic hydroxyl groups is 1. The number of rotatable bonds is 3. The van der Waals surface area contributed by atoms with Crippen molar-refractivity contribution in [1.29, 1.82) is 0 Å². The van der Waals surface area contributed by atoms with Crippen LogP contribution in [0.15, 0.2) is 6.20 Å². The summed E-state index contributed by atoms with van der Waals surface area (Å²) in [6, 6.07) is 0. The van der Waals surface area contributed by atoms with E-state index in [2.05, 4.69) is 20.9 Å². The van der Waals surface area contributed by atoms with Crippen LogP contribution in [-0.4, -0.2) is 17.2 Å². The van der Waals surface area contributed by atoms with Crippen LogP contribution < -0.4 is 4.74 Å². The van der Waals surface area contributed by atoms with Crippen LogP contribution in [0.4, 0.5) is 8.78 Å². The zero-order valence-electron chi connectivity index (χ0n) is 7.30. The van der Waals surface area contributed by atoms with E-state index in [0.717, 1.165) is 6.20 Å². The summed E-state index contributed by atoms with van der Waals surface area (Å²) in [5, 5.41) is 9.59. The molecule has 1 aromatic rings. The molecule has 0 saturated heterocycles. The molecule has 14 heavy (non-hydrogen) atoms. The Morgan fingerprint density at radius 2 is 2.29 bits per heavy atom. The third-order valence-corrected chi connectivity index (χ3v) is 2.28. The molecule has 1 rings (SSSR count). The topological polar surface area (TPSA) is 42.4 Å². The average molecular weight is 268 g/mol. The third kappa shape index (κ3) is 1.95. The Morgan fingerprint density at radius 1 is 1.64 bits per heavy atom. The highest BCUT2D eigenvalue weighted by Gasteiger charge is 2.19. The van der Waals surface area contributed by atoms with Crippen LogP contribution in [0.1, 0.15) is 17.6 Å². The lowest BCUT2D eigenvalue weighted by Gasteiger charge is -2.10. The molecule has 1 N–H and O–H groups in total. The van der Waals surface area contributed by atoms with Crippen molar-refractivity contribution in [3.8, 4) is 11.6 Å². The van der Waals surface area contributed by atoms with Crippen LogP contribution in [-0.2, 0) is 5.33 Å². The fraction of sp³-hybridized carbons (Fsp3) is 0.375. The number of hydrogen-bond acceptors (Lipinski definition) is 3. The predicted octanol–water partition coefficient (Wildman–Crippen LogP) is 2.63. The third-order valence-electron chi connectivity index (χ3n) is 1.72. The highest BCUT2D eigenvalue weighted by molar-refractivity contribution is 9.08. The van der Waals surface area contributed by atoms with E-state index in [9.17, 15) is 13.9 Å². The number of methoxy groups -OCH3 is 1. The monoisotopic (exact) mass is 267 g/mol. The van der Waals surface area contributed by atoms with Gasteiger partial charge in [-0.25, -0.2) is 13.8 Å². The minimum absolute atomic E-state index is 0.0520. The van der Waals surface area contributed by atoms with Gasteiger partial charge in [-0.05, 0) is 0 Å². The molecule has 6 heteroatoms. The van der Waals surface area contributed by atoms with Gasteiger partial charge in [0.25, 0.3) is 12.3 Å². The molecular weight excluding hydrogens is 260 g/mol. The molecule has 0 atom stereocenters. The minimum Gasteiger partial charge on any atom is -0.503 e. The number of hydrogen-bond donors (Lipinski definition) is 1. The molecule has 1 aromatic heterocycles. The molecule has 0 unspecified atom stereocenters. The van der Waals surface area contributed by atoms with Crippen molar-refractivity contribution in [1.82, 2.24) is 4.98 Å². The van der Waals surface area contributed by atoms with Crippen molar-refractivity contribution in [2.45, 2.75) is 11.8 Å². The van der Waals surface area contributed by atoms with E-state index in [0.29, 0.717) is 0 Å². The van der Waals surface area contributed by atoms with E-state index in [1.54, 1.807) is 0 Å². The molecule has 1 heterocycles. The van der Waals surface area contributed by atoms with Gasteiger partial charge >= 0.3 is 0 Å². The van der Waals surface area contributed by atoms with E-state index < -0.39 is 6.43 Å². The Bertz CT molecular complexity index is 333. The minimum atomic E-state index is -2.66. The molecular formula is C8H8BrF2NO2. The van der Waals surface area contributed by atoms with Gasteiger partial charge in [0.05, 0.1) is 7.11 Å². The molecule has 0 saturated carbocycles. The van der Waals surface area contributed by atoms with E-state index in [1.165, 1.54) is 7.11 Å². The Morgan fingerprint density at radius 3 is 2.71 bits per heavy atom. The van der Waals surface area contributed by atoms with Crippen molar-refractivity contribution in [3.63, 3.8) is 0 Å². The Balaban J connectivity index is 3.28. The lowest BCUT2D eigenvalue weighted by Crippen LogP contribution is -1.98. The molecule has 0 aliphatic rings. The molecule has 0 radical (unpaired) electrons. The molecule has 3 nitrogen and oxygen atoms in total. The molecule has 0 fully saturated rings. The summed E-state index contributed by atoms with van der Waals surface area (Å²) in [5.41, 5.74) is -0.188. The van der Waals surface area contributed by atoms with Gasteiger partial charge in [-0.3, -0.25) is 0 Å². The van der Waals surface area contributed by atoms with Crippen LogP contribution >= 0.6 is 15.9 Å². The first-order valence-corrected chi connectivity index (χ1v) is 4.82. The smallest absolute Gasteiger partial charge is 0.265 e. The second-order valence-electron chi connectivity index (χ2n) is 2.48. The van der Waals surface area contributed by atoms with E-state index in [4.69, 9.17) is 4.74 Å². The molecule has 0 aliphatic heterocycles. The standard InChI is InChI=1S/C8H8BrF2NO2/c1-14-8-6(13)4(2-9)5(3-12-8)7(10)11/h3,7,13H,2H2,1H3. The first-order valence-electron chi connectivity index (χ1n) is 3.70. The second-order valence-corrected chi connectivity index (χ2v) is 3.05. The van der Waals surface area contributed by atoms with Crippen LogP contribution in [0.3, 0.4) is 0 Å². The number of ether oxygens (including phenoxy) is 1. The summed E-state index contributed by atoms with van der Waals surface area (Å²) in [7, 11) is 1.31. The summed E-state index contributed by atoms with van der Waals surface area (Å²) < 4.78 is 29.5. The maximum absolute atomic E-state index is 12.4. The summed E-state index contributed by atoms with van der Waals surface area (Å²) in [4.78, 5) is 3.55. The van der Waals surface area contributed by atoms with Crippen molar-refractivity contribution in [3.05, 3.63) is 17.3 Å². The van der Waals surface area contributed by atoms with E-state index in [-0.39, 0.29) is 28.1 Å². The van der Waals surface area contributed by atoms with Crippen LogP contribution in [0.25, 0.3) is 0 Å². The highest BCUT2D eigenvalue weighted by atomic mass is 79.9. The van der Waals surface area contributed by atoms with E-state index >= 15 is 0 Å². The number of nitrogens with zero attached hydrogens (tertiary/aromatic N) is 1. The molecule has 0 bridgehead atoms. The SMILES string of the molecule is COc1ncc(C(F)F)c(CBr)c1O. The maximum atomic E-state index is 12.4. The number of aromatic nitrogens is 1. The average Bonchev–Trinajstić information content (AvgIpc) is 2.17. The highest BCUT2D eigenvalue weighted by Crippen LogP contribution is 2.35. The number of alkyl halides is 3. The van der Waals surface area contributed by atoms with Crippen LogP contribution in [0.2, 0.25) is 0 Å². The van der Waals surface area contributed by atoms with Crippen LogP contribution in [0, 0.1) is 0 Å². The van der Waals surface area contributed by atoms with Crippen molar-refractivity contribution >= 4 is 15.9 Å². The Labute approximate surface area is 87.9 Å². The van der Waals surface area contributed by atoms with Gasteiger partial charge in [0, 0.05) is 22.7 Å². The molecule has 0 aliphatic carbocycles. The van der Waals surface area contributed by atoms with Crippen molar-refractivity contribution in [2.75, 3.05) is 7.11 Å². The first-order chi connectivity index (χ1) is 6.61. The second kappa shape index (κ2) is 4.54. The van der Waals surface area contributed by atoms with E-state index in [1.807, 2.05) is 0 Å². The molecule has 0 spiro atoms. The van der Waals surface area contributed by atoms with Gasteiger partial charge in [0.1, 0.15) is 0 Å². The number of pyridine rings is 1.